The Kier molecular flexibility index (Phi) is 4.43. The Bertz CT molecular complexity index is 366. The molecule has 0 aliphatic carbocycles. The maximum atomic E-state index is 13.2. The number of halogens is 1. The standard InChI is InChI=1S/C12H16FNO2/c1-9(15)12(16)14(2)8-7-10-5-3-4-6-11(10)13/h3-6,9,15H,7-8H2,1-2H3. The van der Waals surface area contributed by atoms with E-state index in [1.165, 1.54) is 17.9 Å². The molecule has 0 bridgehead atoms. The topological polar surface area (TPSA) is 40.5 Å². The number of amides is 1. The highest BCUT2D eigenvalue weighted by Crippen LogP contribution is 2.07. The molecule has 1 N–H and O–H groups in total. The van der Waals surface area contributed by atoms with E-state index in [9.17, 15) is 9.18 Å². The van der Waals surface area contributed by atoms with Crippen LogP contribution in [-0.4, -0.2) is 35.6 Å². The van der Waals surface area contributed by atoms with Crippen LogP contribution >= 0.6 is 0 Å². The number of aliphatic hydroxyl groups is 1. The molecule has 0 fully saturated rings. The van der Waals surface area contributed by atoms with Crippen molar-refractivity contribution >= 4 is 5.91 Å². The molecule has 0 aliphatic heterocycles. The Labute approximate surface area is 94.5 Å². The van der Waals surface area contributed by atoms with Gasteiger partial charge in [-0.15, -0.1) is 0 Å². The second-order valence-corrected chi connectivity index (χ2v) is 3.78. The molecule has 0 saturated carbocycles. The lowest BCUT2D eigenvalue weighted by Gasteiger charge is -2.18. The van der Waals surface area contributed by atoms with E-state index in [4.69, 9.17) is 5.11 Å². The van der Waals surface area contributed by atoms with E-state index < -0.39 is 6.10 Å². The third-order valence-electron chi connectivity index (χ3n) is 2.41. The summed E-state index contributed by atoms with van der Waals surface area (Å²) < 4.78 is 13.2. The summed E-state index contributed by atoms with van der Waals surface area (Å²) in [5.74, 6) is -0.614. The van der Waals surface area contributed by atoms with E-state index in [-0.39, 0.29) is 11.7 Å². The number of carbonyl (C=O) groups is 1. The molecule has 0 heterocycles. The number of nitrogens with zero attached hydrogens (tertiary/aromatic N) is 1. The average Bonchev–Trinajstić information content (AvgIpc) is 2.26. The normalized spacial score (nSPS) is 12.2. The maximum absolute atomic E-state index is 13.2. The summed E-state index contributed by atoms with van der Waals surface area (Å²) in [7, 11) is 1.59. The molecule has 3 nitrogen and oxygen atoms in total. The molecular weight excluding hydrogens is 209 g/mol. The lowest BCUT2D eigenvalue weighted by molar-refractivity contribution is -0.137. The lowest BCUT2D eigenvalue weighted by Crippen LogP contribution is -2.36. The summed E-state index contributed by atoms with van der Waals surface area (Å²) in [5, 5.41) is 9.08. The zero-order valence-electron chi connectivity index (χ0n) is 9.48. The largest absolute Gasteiger partial charge is 0.384 e. The van der Waals surface area contributed by atoms with Crippen molar-refractivity contribution in [3.63, 3.8) is 0 Å². The van der Waals surface area contributed by atoms with E-state index in [2.05, 4.69) is 0 Å². The monoisotopic (exact) mass is 225 g/mol. The van der Waals surface area contributed by atoms with Crippen LogP contribution in [0.5, 0.6) is 0 Å². The number of hydrogen-bond acceptors (Lipinski definition) is 2. The summed E-state index contributed by atoms with van der Waals surface area (Å²) in [6.45, 7) is 1.81. The minimum Gasteiger partial charge on any atom is -0.384 e. The highest BCUT2D eigenvalue weighted by Gasteiger charge is 2.14. The second-order valence-electron chi connectivity index (χ2n) is 3.78. The fraction of sp³-hybridized carbons (Fsp3) is 0.417. The lowest BCUT2D eigenvalue weighted by atomic mass is 10.1. The SMILES string of the molecule is CC(O)C(=O)N(C)CCc1ccccc1F. The van der Waals surface area contributed by atoms with Crippen LogP contribution < -0.4 is 0 Å². The van der Waals surface area contributed by atoms with E-state index in [0.717, 1.165) is 0 Å². The van der Waals surface area contributed by atoms with E-state index in [1.54, 1.807) is 25.2 Å². The average molecular weight is 225 g/mol. The van der Waals surface area contributed by atoms with Gasteiger partial charge >= 0.3 is 0 Å². The molecule has 0 radical (unpaired) electrons. The van der Waals surface area contributed by atoms with Crippen LogP contribution in [-0.2, 0) is 11.2 Å². The van der Waals surface area contributed by atoms with Gasteiger partial charge in [0.2, 0.25) is 0 Å². The van der Waals surface area contributed by atoms with Crippen LogP contribution in [0.1, 0.15) is 12.5 Å². The Balaban J connectivity index is 2.52. The van der Waals surface area contributed by atoms with E-state index in [0.29, 0.717) is 18.5 Å². The molecule has 1 unspecified atom stereocenters. The molecule has 0 spiro atoms. The van der Waals surface area contributed by atoms with Gasteiger partial charge in [0.15, 0.2) is 0 Å². The molecule has 88 valence electrons. The van der Waals surface area contributed by atoms with E-state index in [1.807, 2.05) is 0 Å². The van der Waals surface area contributed by atoms with Gasteiger partial charge in [-0.2, -0.15) is 0 Å². The number of benzene rings is 1. The molecule has 0 saturated heterocycles. The summed E-state index contributed by atoms with van der Waals surface area (Å²) in [6.07, 6.45) is -0.563. The summed E-state index contributed by atoms with van der Waals surface area (Å²) >= 11 is 0. The molecule has 1 atom stereocenters. The van der Waals surface area contributed by atoms with Gasteiger partial charge in [0.25, 0.3) is 5.91 Å². The van der Waals surface area contributed by atoms with Gasteiger partial charge in [-0.1, -0.05) is 18.2 Å². The van der Waals surface area contributed by atoms with Crippen molar-refractivity contribution in [1.82, 2.24) is 4.90 Å². The van der Waals surface area contributed by atoms with Crippen molar-refractivity contribution in [2.75, 3.05) is 13.6 Å². The van der Waals surface area contributed by atoms with Gasteiger partial charge in [0.1, 0.15) is 11.9 Å². The molecule has 0 aromatic heterocycles. The number of carbonyl (C=O) groups excluding carboxylic acids is 1. The Morgan fingerprint density at radius 1 is 1.50 bits per heavy atom. The van der Waals surface area contributed by atoms with Gasteiger partial charge < -0.3 is 10.0 Å². The summed E-state index contributed by atoms with van der Waals surface area (Å²) in [5.41, 5.74) is 0.577. The van der Waals surface area contributed by atoms with Crippen molar-refractivity contribution in [2.45, 2.75) is 19.4 Å². The van der Waals surface area contributed by atoms with Gasteiger partial charge in [-0.25, -0.2) is 4.39 Å². The van der Waals surface area contributed by atoms with Gasteiger partial charge in [0, 0.05) is 13.6 Å². The van der Waals surface area contributed by atoms with Crippen molar-refractivity contribution in [3.05, 3.63) is 35.6 Å². The van der Waals surface area contributed by atoms with Gasteiger partial charge in [-0.3, -0.25) is 4.79 Å². The van der Waals surface area contributed by atoms with Crippen LogP contribution in [0.3, 0.4) is 0 Å². The summed E-state index contributed by atoms with van der Waals surface area (Å²) in [4.78, 5) is 12.7. The molecule has 16 heavy (non-hydrogen) atoms. The minimum atomic E-state index is -1.01. The molecular formula is C12H16FNO2. The predicted octanol–water partition coefficient (Wildman–Crippen LogP) is 1.21. The van der Waals surface area contributed by atoms with Crippen molar-refractivity contribution in [1.29, 1.82) is 0 Å². The Hall–Kier alpha value is -1.42. The zero-order chi connectivity index (χ0) is 12.1. The molecule has 4 heteroatoms. The minimum absolute atomic E-state index is 0.264. The number of likely N-dealkylation sites (N-methyl/N-ethyl adjacent to an activating group) is 1. The highest BCUT2D eigenvalue weighted by atomic mass is 19.1. The van der Waals surface area contributed by atoms with Crippen LogP contribution in [0.2, 0.25) is 0 Å². The first-order valence-corrected chi connectivity index (χ1v) is 5.19. The highest BCUT2D eigenvalue weighted by molar-refractivity contribution is 5.79. The van der Waals surface area contributed by atoms with E-state index >= 15 is 0 Å². The van der Waals surface area contributed by atoms with Crippen molar-refractivity contribution < 1.29 is 14.3 Å². The van der Waals surface area contributed by atoms with Gasteiger partial charge in [-0.05, 0) is 25.0 Å². The Morgan fingerprint density at radius 3 is 2.69 bits per heavy atom. The predicted molar refractivity (Wildman–Crippen MR) is 59.4 cm³/mol. The molecule has 1 aromatic rings. The first kappa shape index (κ1) is 12.6. The Morgan fingerprint density at radius 2 is 2.12 bits per heavy atom. The molecule has 1 aromatic carbocycles. The maximum Gasteiger partial charge on any atom is 0.250 e. The number of rotatable bonds is 4. The first-order chi connectivity index (χ1) is 7.52. The molecule has 1 amide bonds. The van der Waals surface area contributed by atoms with Crippen LogP contribution in [0, 0.1) is 5.82 Å². The van der Waals surface area contributed by atoms with Gasteiger partial charge in [0.05, 0.1) is 0 Å². The quantitative estimate of drug-likeness (QED) is 0.836. The smallest absolute Gasteiger partial charge is 0.250 e. The molecule has 1 rings (SSSR count). The van der Waals surface area contributed by atoms with Crippen molar-refractivity contribution in [2.24, 2.45) is 0 Å². The number of aliphatic hydroxyl groups excluding tert-OH is 1. The number of hydrogen-bond donors (Lipinski definition) is 1. The zero-order valence-corrected chi connectivity index (χ0v) is 9.48. The van der Waals surface area contributed by atoms with Crippen LogP contribution in [0.25, 0.3) is 0 Å². The first-order valence-electron chi connectivity index (χ1n) is 5.19. The summed E-state index contributed by atoms with van der Waals surface area (Å²) in [6, 6.07) is 6.47. The van der Waals surface area contributed by atoms with Crippen LogP contribution in [0.15, 0.2) is 24.3 Å². The third kappa shape index (κ3) is 3.31. The third-order valence-corrected chi connectivity index (χ3v) is 2.41. The fourth-order valence-corrected chi connectivity index (χ4v) is 1.42. The second kappa shape index (κ2) is 5.61. The van der Waals surface area contributed by atoms with Crippen molar-refractivity contribution in [3.8, 4) is 0 Å². The molecule has 0 aliphatic rings. The fourth-order valence-electron chi connectivity index (χ4n) is 1.42. The van der Waals surface area contributed by atoms with Crippen LogP contribution in [0.4, 0.5) is 4.39 Å².